The molecule has 1 aromatic carbocycles. The molecule has 1 aliphatic rings. The molecule has 0 bridgehead atoms. The van der Waals surface area contributed by atoms with E-state index < -0.39 is 0 Å². The molecule has 0 saturated carbocycles. The fourth-order valence-electron chi connectivity index (χ4n) is 2.47. The molecule has 1 aromatic heterocycles. The molecule has 0 unspecified atom stereocenters. The summed E-state index contributed by atoms with van der Waals surface area (Å²) in [5.74, 6) is 0.0532. The number of hydrogen-bond donors (Lipinski definition) is 1. The minimum Gasteiger partial charge on any atom is -0.339 e. The first kappa shape index (κ1) is 15.5. The normalized spacial score (nSPS) is 14.7. The van der Waals surface area contributed by atoms with Gasteiger partial charge in [-0.3, -0.25) is 10.1 Å². The molecule has 0 spiro atoms. The topological polar surface area (TPSA) is 65.5 Å². The van der Waals surface area contributed by atoms with E-state index >= 15 is 0 Å². The molecule has 1 N–H and O–H groups in total. The van der Waals surface area contributed by atoms with Crippen molar-refractivity contribution in [3.63, 3.8) is 0 Å². The molecule has 0 aliphatic carbocycles. The summed E-state index contributed by atoms with van der Waals surface area (Å²) in [6.07, 6.45) is 0. The summed E-state index contributed by atoms with van der Waals surface area (Å²) in [4.78, 5) is 31.5. The molecule has 2 heterocycles. The third-order valence-corrected chi connectivity index (χ3v) is 4.56. The predicted molar refractivity (Wildman–Crippen MR) is 90.4 cm³/mol. The van der Waals surface area contributed by atoms with Crippen molar-refractivity contribution in [3.8, 4) is 11.3 Å². The van der Waals surface area contributed by atoms with Crippen LogP contribution in [0.4, 0.5) is 9.93 Å². The number of thiazole rings is 1. The SMILES string of the molecule is CC(=O)N1CCN(C(=O)Nc2nc(-c3ccccc3)cs2)CC1. The molecule has 0 radical (unpaired) electrons. The maximum atomic E-state index is 12.3. The van der Waals surface area contributed by atoms with Gasteiger partial charge in [-0.1, -0.05) is 30.3 Å². The Morgan fingerprint density at radius 2 is 1.74 bits per heavy atom. The van der Waals surface area contributed by atoms with Gasteiger partial charge in [0.1, 0.15) is 0 Å². The van der Waals surface area contributed by atoms with Gasteiger partial charge < -0.3 is 9.80 Å². The minimum absolute atomic E-state index is 0.0532. The van der Waals surface area contributed by atoms with Crippen LogP contribution >= 0.6 is 11.3 Å². The molecule has 0 atom stereocenters. The number of piperazine rings is 1. The molecule has 1 saturated heterocycles. The summed E-state index contributed by atoms with van der Waals surface area (Å²) in [6.45, 7) is 3.80. The van der Waals surface area contributed by atoms with E-state index in [1.807, 2.05) is 35.7 Å². The molecule has 3 rings (SSSR count). The zero-order chi connectivity index (χ0) is 16.2. The van der Waals surface area contributed by atoms with Gasteiger partial charge in [0.2, 0.25) is 5.91 Å². The van der Waals surface area contributed by atoms with Gasteiger partial charge in [-0.25, -0.2) is 9.78 Å². The largest absolute Gasteiger partial charge is 0.339 e. The van der Waals surface area contributed by atoms with Gasteiger partial charge in [0.25, 0.3) is 0 Å². The van der Waals surface area contributed by atoms with Gasteiger partial charge in [0, 0.05) is 44.0 Å². The summed E-state index contributed by atoms with van der Waals surface area (Å²) in [5.41, 5.74) is 1.88. The zero-order valence-electron chi connectivity index (χ0n) is 12.9. The molecular formula is C16H18N4O2S. The Labute approximate surface area is 138 Å². The smallest absolute Gasteiger partial charge is 0.323 e. The van der Waals surface area contributed by atoms with Gasteiger partial charge in [-0.15, -0.1) is 11.3 Å². The maximum Gasteiger partial charge on any atom is 0.323 e. The fraction of sp³-hybridized carbons (Fsp3) is 0.312. The van der Waals surface area contributed by atoms with E-state index in [-0.39, 0.29) is 11.9 Å². The van der Waals surface area contributed by atoms with Crippen LogP contribution in [0.25, 0.3) is 11.3 Å². The quantitative estimate of drug-likeness (QED) is 0.920. The van der Waals surface area contributed by atoms with E-state index in [1.165, 1.54) is 11.3 Å². The average Bonchev–Trinajstić information content (AvgIpc) is 3.04. The van der Waals surface area contributed by atoms with Crippen molar-refractivity contribution in [2.24, 2.45) is 0 Å². The first-order valence-corrected chi connectivity index (χ1v) is 8.34. The lowest BCUT2D eigenvalue weighted by Gasteiger charge is -2.33. The van der Waals surface area contributed by atoms with Crippen molar-refractivity contribution in [3.05, 3.63) is 35.7 Å². The third-order valence-electron chi connectivity index (χ3n) is 3.80. The molecule has 3 amide bonds. The summed E-state index contributed by atoms with van der Waals surface area (Å²) in [7, 11) is 0. The zero-order valence-corrected chi connectivity index (χ0v) is 13.7. The van der Waals surface area contributed by atoms with Crippen molar-refractivity contribution < 1.29 is 9.59 Å². The number of rotatable bonds is 2. The van der Waals surface area contributed by atoms with Crippen molar-refractivity contribution in [2.75, 3.05) is 31.5 Å². The average molecular weight is 330 g/mol. The van der Waals surface area contributed by atoms with Crippen LogP contribution in [0.2, 0.25) is 0 Å². The number of carbonyl (C=O) groups excluding carboxylic acids is 2. The monoisotopic (exact) mass is 330 g/mol. The Kier molecular flexibility index (Phi) is 4.57. The number of benzene rings is 1. The van der Waals surface area contributed by atoms with Crippen molar-refractivity contribution in [2.45, 2.75) is 6.92 Å². The minimum atomic E-state index is -0.165. The Bertz CT molecular complexity index is 693. The van der Waals surface area contributed by atoms with Crippen LogP contribution in [0, 0.1) is 0 Å². The van der Waals surface area contributed by atoms with Crippen LogP contribution in [0.15, 0.2) is 35.7 Å². The highest BCUT2D eigenvalue weighted by Crippen LogP contribution is 2.24. The number of nitrogens with zero attached hydrogens (tertiary/aromatic N) is 3. The van der Waals surface area contributed by atoms with Crippen LogP contribution in [-0.2, 0) is 4.79 Å². The van der Waals surface area contributed by atoms with Crippen molar-refractivity contribution in [1.29, 1.82) is 0 Å². The van der Waals surface area contributed by atoms with E-state index in [0.717, 1.165) is 11.3 Å². The second-order valence-corrected chi connectivity index (χ2v) is 6.19. The van der Waals surface area contributed by atoms with Gasteiger partial charge >= 0.3 is 6.03 Å². The van der Waals surface area contributed by atoms with Crippen LogP contribution < -0.4 is 5.32 Å². The Morgan fingerprint density at radius 1 is 1.09 bits per heavy atom. The van der Waals surface area contributed by atoms with E-state index in [1.54, 1.807) is 16.7 Å². The third kappa shape index (κ3) is 3.68. The van der Waals surface area contributed by atoms with Crippen LogP contribution in [0.3, 0.4) is 0 Å². The van der Waals surface area contributed by atoms with Gasteiger partial charge in [0.05, 0.1) is 5.69 Å². The fourth-order valence-corrected chi connectivity index (χ4v) is 3.18. The van der Waals surface area contributed by atoms with Crippen molar-refractivity contribution >= 4 is 28.4 Å². The number of urea groups is 1. The number of aromatic nitrogens is 1. The highest BCUT2D eigenvalue weighted by molar-refractivity contribution is 7.14. The molecule has 2 aromatic rings. The first-order valence-electron chi connectivity index (χ1n) is 7.46. The lowest BCUT2D eigenvalue weighted by atomic mass is 10.2. The van der Waals surface area contributed by atoms with Gasteiger partial charge in [0.15, 0.2) is 5.13 Å². The van der Waals surface area contributed by atoms with E-state index in [2.05, 4.69) is 10.3 Å². The van der Waals surface area contributed by atoms with Gasteiger partial charge in [-0.2, -0.15) is 0 Å². The van der Waals surface area contributed by atoms with Crippen LogP contribution in [0.5, 0.6) is 0 Å². The van der Waals surface area contributed by atoms with Crippen LogP contribution in [0.1, 0.15) is 6.92 Å². The maximum absolute atomic E-state index is 12.3. The molecule has 23 heavy (non-hydrogen) atoms. The Morgan fingerprint density at radius 3 is 2.39 bits per heavy atom. The Hall–Kier alpha value is -2.41. The number of carbonyl (C=O) groups is 2. The summed E-state index contributed by atoms with van der Waals surface area (Å²) in [5, 5.41) is 5.35. The highest BCUT2D eigenvalue weighted by Gasteiger charge is 2.22. The first-order chi connectivity index (χ1) is 11.1. The van der Waals surface area contributed by atoms with E-state index in [0.29, 0.717) is 31.3 Å². The number of anilines is 1. The predicted octanol–water partition coefficient (Wildman–Crippen LogP) is 2.51. The lowest BCUT2D eigenvalue weighted by molar-refractivity contribution is -0.130. The number of amides is 3. The van der Waals surface area contributed by atoms with E-state index in [4.69, 9.17) is 0 Å². The number of nitrogens with one attached hydrogen (secondary N) is 1. The summed E-state index contributed by atoms with van der Waals surface area (Å²) >= 11 is 1.41. The molecular weight excluding hydrogens is 312 g/mol. The van der Waals surface area contributed by atoms with Crippen molar-refractivity contribution in [1.82, 2.24) is 14.8 Å². The molecule has 1 fully saturated rings. The highest BCUT2D eigenvalue weighted by atomic mass is 32.1. The second kappa shape index (κ2) is 6.78. The molecule has 120 valence electrons. The number of hydrogen-bond acceptors (Lipinski definition) is 4. The lowest BCUT2D eigenvalue weighted by Crippen LogP contribution is -2.51. The van der Waals surface area contributed by atoms with Gasteiger partial charge in [-0.05, 0) is 0 Å². The summed E-state index contributed by atoms with van der Waals surface area (Å²) in [6, 6.07) is 9.69. The molecule has 1 aliphatic heterocycles. The summed E-state index contributed by atoms with van der Waals surface area (Å²) < 4.78 is 0. The van der Waals surface area contributed by atoms with Crippen LogP contribution in [-0.4, -0.2) is 52.9 Å². The molecule has 7 heteroatoms. The molecule has 6 nitrogen and oxygen atoms in total. The van der Waals surface area contributed by atoms with E-state index in [9.17, 15) is 9.59 Å². The standard InChI is InChI=1S/C16H18N4O2S/c1-12(21)19-7-9-20(10-8-19)16(22)18-15-17-14(11-23-15)13-5-3-2-4-6-13/h2-6,11H,7-10H2,1H3,(H,17,18,22). The second-order valence-electron chi connectivity index (χ2n) is 5.33. The Balaban J connectivity index is 1.59.